The molecule has 0 aliphatic carbocycles. The Kier molecular flexibility index (Phi) is 26.7. The molecule has 1 N–H and O–H groups in total. The van der Waals surface area contributed by atoms with E-state index in [2.05, 4.69) is 13.8 Å². The van der Waals surface area contributed by atoms with Crippen molar-refractivity contribution in [1.29, 1.82) is 0 Å². The first-order chi connectivity index (χ1) is 16.1. The Morgan fingerprint density at radius 2 is 0.848 bits per heavy atom. The maximum absolute atomic E-state index is 11.3. The Labute approximate surface area is 214 Å². The van der Waals surface area contributed by atoms with Crippen LogP contribution in [-0.4, -0.2) is 28.8 Å². The molecule has 3 nitrogen and oxygen atoms in total. The van der Waals surface area contributed by atoms with Crippen LogP contribution in [0.5, 0.6) is 0 Å². The van der Waals surface area contributed by atoms with Crippen LogP contribution in [0.2, 0.25) is 4.44 Å². The first-order valence-electron chi connectivity index (χ1n) is 14.9. The van der Waals surface area contributed by atoms with Gasteiger partial charge in [-0.25, -0.2) is 0 Å². The third-order valence-electron chi connectivity index (χ3n) is 7.19. The van der Waals surface area contributed by atoms with Gasteiger partial charge in [0.1, 0.15) is 0 Å². The molecular formula is C29H58O3Sn. The van der Waals surface area contributed by atoms with Crippen molar-refractivity contribution in [2.24, 2.45) is 5.92 Å². The molecule has 0 unspecified atom stereocenters. The normalized spacial score (nSPS) is 11.4. The second-order valence-electron chi connectivity index (χ2n) is 10.4. The number of hydrogen-bond acceptors (Lipinski definition) is 2. The quantitative estimate of drug-likeness (QED) is 0.0786. The molecule has 0 aliphatic rings. The molecule has 0 spiro atoms. The summed E-state index contributed by atoms with van der Waals surface area (Å²) < 4.78 is 10.8. The minimum atomic E-state index is -3.27. The topological polar surface area (TPSA) is 54.4 Å². The van der Waals surface area contributed by atoms with E-state index in [-0.39, 0.29) is 0 Å². The van der Waals surface area contributed by atoms with Crippen LogP contribution in [0.4, 0.5) is 4.79 Å². The second-order valence-corrected chi connectivity index (χ2v) is 15.5. The third kappa shape index (κ3) is 25.0. The van der Waals surface area contributed by atoms with E-state index in [0.29, 0.717) is 4.44 Å². The van der Waals surface area contributed by atoms with E-state index in [9.17, 15) is 7.87 Å². The summed E-state index contributed by atoms with van der Waals surface area (Å²) in [7, 11) is 0. The van der Waals surface area contributed by atoms with Crippen LogP contribution in [0.15, 0.2) is 0 Å². The molecule has 0 radical (unpaired) electrons. The van der Waals surface area contributed by atoms with Gasteiger partial charge in [0.15, 0.2) is 0 Å². The molecule has 0 saturated carbocycles. The Balaban J connectivity index is 3.76. The molecule has 0 rings (SSSR count). The van der Waals surface area contributed by atoms with Crippen molar-refractivity contribution < 1.29 is 13.0 Å². The SMILES string of the molecule is CCCCCCCCC(CCCCCCCC)CCCCCCCCCC[CH2][Sn](=[O])[C](=O)O. The molecule has 0 aromatic carbocycles. The molecule has 0 amide bonds. The molecule has 33 heavy (non-hydrogen) atoms. The van der Waals surface area contributed by atoms with Crippen molar-refractivity contribution in [3.05, 3.63) is 0 Å². The molecule has 0 aromatic heterocycles. The van der Waals surface area contributed by atoms with Gasteiger partial charge in [-0.2, -0.15) is 0 Å². The van der Waals surface area contributed by atoms with Gasteiger partial charge in [0, 0.05) is 0 Å². The van der Waals surface area contributed by atoms with Crippen molar-refractivity contribution in [3.63, 3.8) is 0 Å². The summed E-state index contributed by atoms with van der Waals surface area (Å²) in [6, 6.07) is 0. The summed E-state index contributed by atoms with van der Waals surface area (Å²) in [6.07, 6.45) is 32.6. The van der Waals surface area contributed by atoms with Gasteiger partial charge < -0.3 is 0 Å². The Morgan fingerprint density at radius 3 is 1.18 bits per heavy atom. The maximum atomic E-state index is 11.3. The number of unbranched alkanes of at least 4 members (excludes halogenated alkanes) is 18. The molecular weight excluding hydrogens is 515 g/mol. The standard InChI is InChI=1S/C28H57.CHO2.O.Sn/c1-4-7-10-13-16-17-18-21-24-27-28(25-22-19-14-11-8-5-2)26-23-20-15-12-9-6-3;2-1-3;;/h28H,1,4-27H2,2-3H3;(H,2,3);;. The van der Waals surface area contributed by atoms with E-state index < -0.39 is 23.7 Å². The molecule has 0 atom stereocenters. The Morgan fingerprint density at radius 1 is 0.545 bits per heavy atom. The summed E-state index contributed by atoms with van der Waals surface area (Å²) in [5.41, 5.74) is 0. The van der Waals surface area contributed by atoms with Gasteiger partial charge in [-0.15, -0.1) is 0 Å². The first kappa shape index (κ1) is 33.1. The van der Waals surface area contributed by atoms with Crippen molar-refractivity contribution in [2.45, 2.75) is 172 Å². The second kappa shape index (κ2) is 26.7. The van der Waals surface area contributed by atoms with Gasteiger partial charge >= 0.3 is 111 Å². The van der Waals surface area contributed by atoms with Crippen LogP contribution in [0.3, 0.4) is 0 Å². The van der Waals surface area contributed by atoms with Crippen molar-refractivity contribution in [2.75, 3.05) is 0 Å². The van der Waals surface area contributed by atoms with E-state index in [1.54, 1.807) is 0 Å². The van der Waals surface area contributed by atoms with Crippen LogP contribution in [0, 0.1) is 5.92 Å². The molecule has 196 valence electrons. The van der Waals surface area contributed by atoms with E-state index in [4.69, 9.17) is 5.11 Å². The van der Waals surface area contributed by atoms with Gasteiger partial charge in [0.25, 0.3) is 0 Å². The molecule has 0 bridgehead atoms. The predicted molar refractivity (Wildman–Crippen MR) is 145 cm³/mol. The summed E-state index contributed by atoms with van der Waals surface area (Å²) in [5.74, 6) is 0.975. The zero-order valence-electron chi connectivity index (χ0n) is 22.5. The van der Waals surface area contributed by atoms with Crippen LogP contribution in [0.25, 0.3) is 0 Å². The van der Waals surface area contributed by atoms with Crippen LogP contribution in [0.1, 0.15) is 168 Å². The summed E-state index contributed by atoms with van der Waals surface area (Å²) in [6.45, 7) is 4.60. The summed E-state index contributed by atoms with van der Waals surface area (Å²) in [4.78, 5) is 10.6. The molecule has 4 heteroatoms. The van der Waals surface area contributed by atoms with Crippen LogP contribution < -0.4 is 0 Å². The summed E-state index contributed by atoms with van der Waals surface area (Å²) in [5, 5.41) is 8.70. The molecule has 0 heterocycles. The average molecular weight is 573 g/mol. The molecule has 0 saturated heterocycles. The minimum absolute atomic E-state index is 0.482. The average Bonchev–Trinajstić information content (AvgIpc) is 2.80. The van der Waals surface area contributed by atoms with E-state index in [1.165, 1.54) is 141 Å². The van der Waals surface area contributed by atoms with E-state index in [1.807, 2.05) is 0 Å². The van der Waals surface area contributed by atoms with E-state index in [0.717, 1.165) is 18.8 Å². The first-order valence-corrected chi connectivity index (χ1v) is 19.5. The van der Waals surface area contributed by atoms with Crippen LogP contribution >= 0.6 is 0 Å². The van der Waals surface area contributed by atoms with Gasteiger partial charge in [0.2, 0.25) is 0 Å². The Bertz CT molecular complexity index is 423. The van der Waals surface area contributed by atoms with Gasteiger partial charge in [-0.05, 0) is 0 Å². The van der Waals surface area contributed by atoms with Crippen molar-refractivity contribution in [1.82, 2.24) is 0 Å². The van der Waals surface area contributed by atoms with E-state index >= 15 is 0 Å². The number of carboxylic acid groups (broad SMARTS) is 1. The number of carbonyl (C=O) groups is 1. The molecule has 0 fully saturated rings. The fourth-order valence-corrected chi connectivity index (χ4v) is 7.16. The van der Waals surface area contributed by atoms with Gasteiger partial charge in [-0.3, -0.25) is 0 Å². The molecule has 0 aliphatic heterocycles. The van der Waals surface area contributed by atoms with Gasteiger partial charge in [0.05, 0.1) is 0 Å². The number of rotatable bonds is 27. The van der Waals surface area contributed by atoms with Crippen molar-refractivity contribution >= 4 is 23.7 Å². The number of hydrogen-bond donors (Lipinski definition) is 1. The predicted octanol–water partition coefficient (Wildman–Crippen LogP) is 10.7. The molecule has 0 aromatic rings. The third-order valence-corrected chi connectivity index (χ3v) is 10.9. The fourth-order valence-electron chi connectivity index (χ4n) is 4.92. The fraction of sp³-hybridized carbons (Fsp3) is 0.966. The Hall–Kier alpha value is 0.0687. The van der Waals surface area contributed by atoms with Crippen molar-refractivity contribution in [3.8, 4) is 0 Å². The van der Waals surface area contributed by atoms with Crippen LogP contribution in [-0.2, 0) is 3.08 Å². The zero-order valence-corrected chi connectivity index (χ0v) is 25.4. The summed E-state index contributed by atoms with van der Waals surface area (Å²) >= 11 is -3.27. The monoisotopic (exact) mass is 574 g/mol. The zero-order chi connectivity index (χ0) is 24.4. The van der Waals surface area contributed by atoms with Gasteiger partial charge in [-0.1, -0.05) is 104 Å².